The molecule has 0 saturated carbocycles. The number of furan rings is 1. The molecule has 10 aromatic carbocycles. The maximum Gasteiger partial charge on any atom is 0.143 e. The van der Waals surface area contributed by atoms with Crippen molar-refractivity contribution in [2.45, 2.75) is 24.9 Å². The zero-order valence-electron chi connectivity index (χ0n) is 38.1. The van der Waals surface area contributed by atoms with Crippen molar-refractivity contribution in [3.63, 3.8) is 0 Å². The predicted molar refractivity (Wildman–Crippen MR) is 292 cm³/mol. The van der Waals surface area contributed by atoms with Gasteiger partial charge in [0, 0.05) is 38.9 Å². The van der Waals surface area contributed by atoms with E-state index in [1.165, 1.54) is 55.2 Å². The molecular formula is C66H48N2O. The Morgan fingerprint density at radius 3 is 1.70 bits per heavy atom. The van der Waals surface area contributed by atoms with Crippen LogP contribution in [0.2, 0.25) is 0 Å². The first kappa shape index (κ1) is 40.6. The quantitative estimate of drug-likeness (QED) is 0.135. The molecule has 1 heterocycles. The van der Waals surface area contributed by atoms with Gasteiger partial charge in [-0.3, -0.25) is 0 Å². The number of hydrogen-bond acceptors (Lipinski definition) is 3. The standard InChI is InChI=1S/C66H48N2O/c1-4-15-45(16-5-1)47-27-34-53(35-28-47)67(54-36-29-48(30-37-54)46-17-6-2-7-18-46)55-38-31-49(32-39-55)51-33-41-61-64(43-51)69-66-60-42-40-56(44-62(60)58-24-12-13-25-59(58)65(61)66)68(52-21-8-3-9-22-52)63-26-14-20-50-19-10-11-23-57(50)63/h1-25,27-36,38-44,54,63H,26,37H2/t54?,63-/m1/s1. The molecule has 1 unspecified atom stereocenters. The van der Waals surface area contributed by atoms with Gasteiger partial charge in [-0.2, -0.15) is 0 Å². The monoisotopic (exact) mass is 884 g/mol. The highest BCUT2D eigenvalue weighted by Gasteiger charge is 2.27. The molecule has 0 bridgehead atoms. The van der Waals surface area contributed by atoms with Crippen LogP contribution in [0.5, 0.6) is 0 Å². The van der Waals surface area contributed by atoms with E-state index >= 15 is 0 Å². The average molecular weight is 885 g/mol. The van der Waals surface area contributed by atoms with Gasteiger partial charge in [0.15, 0.2) is 0 Å². The van der Waals surface area contributed by atoms with E-state index in [1.807, 2.05) is 0 Å². The van der Waals surface area contributed by atoms with E-state index in [1.54, 1.807) is 0 Å². The van der Waals surface area contributed by atoms with E-state index < -0.39 is 0 Å². The van der Waals surface area contributed by atoms with Crippen molar-refractivity contribution in [2.75, 3.05) is 9.80 Å². The minimum absolute atomic E-state index is 0.154. The summed E-state index contributed by atoms with van der Waals surface area (Å²) in [4.78, 5) is 4.99. The van der Waals surface area contributed by atoms with Crippen LogP contribution in [0.25, 0.3) is 77.4 Å². The van der Waals surface area contributed by atoms with Crippen molar-refractivity contribution in [3.05, 3.63) is 265 Å². The highest BCUT2D eigenvalue weighted by molar-refractivity contribution is 6.30. The first-order valence-corrected chi connectivity index (χ1v) is 24.1. The number of anilines is 4. The molecular weight excluding hydrogens is 837 g/mol. The second kappa shape index (κ2) is 17.2. The average Bonchev–Trinajstić information content (AvgIpc) is 3.82. The molecule has 0 amide bonds. The fourth-order valence-electron chi connectivity index (χ4n) is 11.0. The van der Waals surface area contributed by atoms with Gasteiger partial charge in [-0.15, -0.1) is 0 Å². The van der Waals surface area contributed by atoms with Crippen LogP contribution < -0.4 is 9.80 Å². The van der Waals surface area contributed by atoms with Crippen molar-refractivity contribution in [1.82, 2.24) is 0 Å². The number of fused-ring (bicyclic) bond motifs is 9. The molecule has 2 aliphatic rings. The van der Waals surface area contributed by atoms with Gasteiger partial charge in [0.2, 0.25) is 0 Å². The molecule has 13 rings (SSSR count). The van der Waals surface area contributed by atoms with Crippen LogP contribution >= 0.6 is 0 Å². The number of benzene rings is 10. The zero-order chi connectivity index (χ0) is 45.7. The smallest absolute Gasteiger partial charge is 0.143 e. The number of hydrogen-bond donors (Lipinski definition) is 0. The number of para-hydroxylation sites is 1. The summed E-state index contributed by atoms with van der Waals surface area (Å²) in [6.45, 7) is 0. The molecule has 0 N–H and O–H groups in total. The van der Waals surface area contributed by atoms with Gasteiger partial charge >= 0.3 is 0 Å². The summed E-state index contributed by atoms with van der Waals surface area (Å²) in [6, 6.07) is 81.8. The minimum Gasteiger partial charge on any atom is -0.455 e. The van der Waals surface area contributed by atoms with Crippen molar-refractivity contribution in [2.24, 2.45) is 0 Å². The summed E-state index contributed by atoms with van der Waals surface area (Å²) in [5.74, 6) is 0. The molecule has 1 aromatic heterocycles. The first-order chi connectivity index (χ1) is 34.2. The Labute approximate surface area is 402 Å². The summed E-state index contributed by atoms with van der Waals surface area (Å²) in [6.07, 6.45) is 13.4. The largest absolute Gasteiger partial charge is 0.455 e. The molecule has 69 heavy (non-hydrogen) atoms. The lowest BCUT2D eigenvalue weighted by atomic mass is 9.90. The van der Waals surface area contributed by atoms with E-state index in [2.05, 4.69) is 265 Å². The van der Waals surface area contributed by atoms with Crippen LogP contribution in [0.15, 0.2) is 253 Å². The number of rotatable bonds is 9. The van der Waals surface area contributed by atoms with E-state index in [0.29, 0.717) is 0 Å². The van der Waals surface area contributed by atoms with Gasteiger partial charge in [-0.25, -0.2) is 0 Å². The lowest BCUT2D eigenvalue weighted by molar-refractivity contribution is 0.673. The molecule has 0 saturated heterocycles. The fourth-order valence-corrected chi connectivity index (χ4v) is 11.0. The van der Waals surface area contributed by atoms with Crippen molar-refractivity contribution in [1.29, 1.82) is 0 Å². The Kier molecular flexibility index (Phi) is 10.1. The highest BCUT2D eigenvalue weighted by Crippen LogP contribution is 2.46. The van der Waals surface area contributed by atoms with Crippen LogP contribution in [0.4, 0.5) is 22.7 Å². The van der Waals surface area contributed by atoms with Crippen molar-refractivity contribution in [3.8, 4) is 22.3 Å². The summed E-state index contributed by atoms with van der Waals surface area (Å²) in [5, 5.41) is 7.01. The van der Waals surface area contributed by atoms with E-state index in [9.17, 15) is 0 Å². The third kappa shape index (κ3) is 7.31. The zero-order valence-corrected chi connectivity index (χ0v) is 38.1. The lowest BCUT2D eigenvalue weighted by Gasteiger charge is -2.36. The van der Waals surface area contributed by atoms with Gasteiger partial charge in [-0.05, 0) is 140 Å². The summed E-state index contributed by atoms with van der Waals surface area (Å²) >= 11 is 0. The third-order valence-corrected chi connectivity index (χ3v) is 14.3. The van der Waals surface area contributed by atoms with Gasteiger partial charge in [0.25, 0.3) is 0 Å². The number of nitrogens with zero attached hydrogens (tertiary/aromatic N) is 2. The Bertz CT molecular complexity index is 3770. The van der Waals surface area contributed by atoms with Crippen LogP contribution in [-0.2, 0) is 0 Å². The molecule has 0 spiro atoms. The molecule has 3 nitrogen and oxygen atoms in total. The van der Waals surface area contributed by atoms with Crippen LogP contribution in [0, 0.1) is 0 Å². The van der Waals surface area contributed by atoms with E-state index in [-0.39, 0.29) is 12.1 Å². The Hall–Kier alpha value is -8.66. The van der Waals surface area contributed by atoms with Gasteiger partial charge < -0.3 is 14.2 Å². The predicted octanol–water partition coefficient (Wildman–Crippen LogP) is 18.1. The maximum absolute atomic E-state index is 7.02. The van der Waals surface area contributed by atoms with Gasteiger partial charge in [0.05, 0.1) is 12.1 Å². The first-order valence-electron chi connectivity index (χ1n) is 24.1. The van der Waals surface area contributed by atoms with Gasteiger partial charge in [0.1, 0.15) is 11.2 Å². The van der Waals surface area contributed by atoms with Crippen LogP contribution in [0.1, 0.15) is 35.6 Å². The Morgan fingerprint density at radius 2 is 0.971 bits per heavy atom. The molecule has 0 radical (unpaired) electrons. The maximum atomic E-state index is 7.02. The van der Waals surface area contributed by atoms with E-state index in [0.717, 1.165) is 68.4 Å². The Morgan fingerprint density at radius 1 is 0.391 bits per heavy atom. The molecule has 2 aliphatic carbocycles. The summed E-state index contributed by atoms with van der Waals surface area (Å²) < 4.78 is 7.02. The van der Waals surface area contributed by atoms with E-state index in [4.69, 9.17) is 4.42 Å². The van der Waals surface area contributed by atoms with Gasteiger partial charge in [-0.1, -0.05) is 188 Å². The fraction of sp³-hybridized carbons (Fsp3) is 0.0606. The second-order valence-electron chi connectivity index (χ2n) is 18.3. The van der Waals surface area contributed by atoms with Crippen LogP contribution in [-0.4, -0.2) is 6.04 Å². The molecule has 0 aliphatic heterocycles. The molecule has 11 aromatic rings. The highest BCUT2D eigenvalue weighted by atomic mass is 16.3. The van der Waals surface area contributed by atoms with Crippen LogP contribution in [0.3, 0.4) is 0 Å². The number of allylic oxidation sites excluding steroid dienone is 2. The second-order valence-corrected chi connectivity index (χ2v) is 18.3. The summed E-state index contributed by atoms with van der Waals surface area (Å²) in [7, 11) is 0. The SMILES string of the molecule is C1=Cc2ccccc2[C@H](N(c2ccccc2)c2ccc3c(c2)c2ccccc2c2c4ccc(-c5ccc(N(c6ccc(-c7ccccc7)cc6)C6C=CC(c7ccccc7)=CC6)cc5)cc4oc32)C1. The Balaban J connectivity index is 0.870. The summed E-state index contributed by atoms with van der Waals surface area (Å²) in [5.41, 5.74) is 16.3. The molecule has 2 atom stereocenters. The molecule has 3 heteroatoms. The lowest BCUT2D eigenvalue weighted by Crippen LogP contribution is -2.30. The van der Waals surface area contributed by atoms with Crippen molar-refractivity contribution >= 4 is 77.9 Å². The third-order valence-electron chi connectivity index (χ3n) is 14.3. The minimum atomic E-state index is 0.154. The molecule has 0 fully saturated rings. The topological polar surface area (TPSA) is 19.6 Å². The normalized spacial score (nSPS) is 15.4. The molecule has 328 valence electrons. The van der Waals surface area contributed by atoms with Crippen molar-refractivity contribution < 1.29 is 4.42 Å².